The number of benzene rings is 4. The molecule has 0 aliphatic heterocycles. The van der Waals surface area contributed by atoms with Crippen molar-refractivity contribution in [2.75, 3.05) is 6.54 Å². The molecule has 6 heteroatoms. The molecule has 0 saturated carbocycles. The van der Waals surface area contributed by atoms with E-state index in [1.54, 1.807) is 35.2 Å². The number of halogens is 1. The van der Waals surface area contributed by atoms with Crippen molar-refractivity contribution in [1.82, 2.24) is 14.5 Å². The molecular formula is C33H30FN3O2. The summed E-state index contributed by atoms with van der Waals surface area (Å²) in [5.41, 5.74) is 2.58. The summed E-state index contributed by atoms with van der Waals surface area (Å²) in [5, 5.41) is 0.459. The van der Waals surface area contributed by atoms with Crippen LogP contribution in [0, 0.1) is 5.82 Å². The van der Waals surface area contributed by atoms with Gasteiger partial charge in [-0.05, 0) is 60.9 Å². The Bertz CT molecular complexity index is 1590. The van der Waals surface area contributed by atoms with Crippen molar-refractivity contribution in [3.63, 3.8) is 0 Å². The number of aromatic nitrogens is 2. The molecule has 0 aliphatic rings. The summed E-state index contributed by atoms with van der Waals surface area (Å²) in [6, 6.07) is 31.9. The second-order valence-electron chi connectivity index (χ2n) is 9.41. The van der Waals surface area contributed by atoms with Crippen molar-refractivity contribution in [3.8, 4) is 5.69 Å². The monoisotopic (exact) mass is 519 g/mol. The van der Waals surface area contributed by atoms with Crippen LogP contribution in [-0.2, 0) is 4.79 Å². The maximum atomic E-state index is 14.5. The summed E-state index contributed by atoms with van der Waals surface area (Å²) in [6.07, 6.45) is 0.530. The van der Waals surface area contributed by atoms with Gasteiger partial charge in [-0.15, -0.1) is 0 Å². The number of fused-ring (bicyclic) bond motifs is 1. The lowest BCUT2D eigenvalue weighted by Crippen LogP contribution is -2.41. The van der Waals surface area contributed by atoms with Crippen LogP contribution < -0.4 is 5.56 Å². The number of hydrogen-bond donors (Lipinski definition) is 0. The maximum Gasteiger partial charge on any atom is 0.266 e. The first-order valence-electron chi connectivity index (χ1n) is 13.2. The van der Waals surface area contributed by atoms with E-state index in [4.69, 9.17) is 4.98 Å². The number of para-hydroxylation sites is 1. The lowest BCUT2D eigenvalue weighted by molar-refractivity contribution is -0.134. The van der Waals surface area contributed by atoms with Crippen molar-refractivity contribution >= 4 is 16.8 Å². The standard InChI is InChI=1S/C33H30FN3O2/c1-3-29(36(4-2)33(39)30(23-13-7-5-8-14-23)24-15-9-6-10-16-24)31-35-28-18-12-11-17-27(28)32(38)37(31)26-21-19-25(34)20-22-26/h5-22,29-30H,3-4H2,1-2H3. The molecule has 0 saturated heterocycles. The molecule has 5 rings (SSSR count). The minimum atomic E-state index is -0.521. The van der Waals surface area contributed by atoms with Crippen LogP contribution in [0.4, 0.5) is 4.39 Å². The van der Waals surface area contributed by atoms with Gasteiger partial charge in [0.1, 0.15) is 11.6 Å². The zero-order valence-electron chi connectivity index (χ0n) is 22.0. The molecule has 5 nitrogen and oxygen atoms in total. The van der Waals surface area contributed by atoms with Crippen molar-refractivity contribution in [1.29, 1.82) is 0 Å². The number of amides is 1. The Morgan fingerprint density at radius 3 is 1.95 bits per heavy atom. The van der Waals surface area contributed by atoms with Gasteiger partial charge < -0.3 is 4.90 Å². The number of hydrogen-bond acceptors (Lipinski definition) is 3. The second kappa shape index (κ2) is 11.4. The molecule has 39 heavy (non-hydrogen) atoms. The first-order chi connectivity index (χ1) is 19.0. The highest BCUT2D eigenvalue weighted by Crippen LogP contribution is 2.32. The maximum absolute atomic E-state index is 14.5. The second-order valence-corrected chi connectivity index (χ2v) is 9.41. The summed E-state index contributed by atoms with van der Waals surface area (Å²) >= 11 is 0. The molecule has 0 N–H and O–H groups in total. The molecule has 1 amide bonds. The average molecular weight is 520 g/mol. The minimum Gasteiger partial charge on any atom is -0.332 e. The van der Waals surface area contributed by atoms with Crippen molar-refractivity contribution < 1.29 is 9.18 Å². The summed E-state index contributed by atoms with van der Waals surface area (Å²) in [6.45, 7) is 4.34. The Balaban J connectivity index is 1.69. The highest BCUT2D eigenvalue weighted by molar-refractivity contribution is 5.87. The topological polar surface area (TPSA) is 55.2 Å². The molecule has 4 aromatic carbocycles. The first kappa shape index (κ1) is 26.0. The predicted molar refractivity (Wildman–Crippen MR) is 152 cm³/mol. The van der Waals surface area contributed by atoms with Gasteiger partial charge in [-0.25, -0.2) is 9.37 Å². The largest absolute Gasteiger partial charge is 0.332 e. The third-order valence-corrected chi connectivity index (χ3v) is 7.08. The van der Waals surface area contributed by atoms with Crippen LogP contribution in [0.25, 0.3) is 16.6 Å². The van der Waals surface area contributed by atoms with E-state index in [-0.39, 0.29) is 11.5 Å². The first-order valence-corrected chi connectivity index (χ1v) is 13.2. The Labute approximate surface area is 227 Å². The number of likely N-dealkylation sites (N-methyl/N-ethyl adjacent to an activating group) is 1. The fraction of sp³-hybridized carbons (Fsp3) is 0.182. The van der Waals surface area contributed by atoms with Gasteiger partial charge in [0.05, 0.1) is 28.6 Å². The van der Waals surface area contributed by atoms with Gasteiger partial charge in [-0.3, -0.25) is 14.2 Å². The number of carbonyl (C=O) groups is 1. The average Bonchev–Trinajstić information content (AvgIpc) is 2.97. The van der Waals surface area contributed by atoms with E-state index in [1.807, 2.05) is 80.6 Å². The van der Waals surface area contributed by atoms with Crippen LogP contribution in [0.5, 0.6) is 0 Å². The number of carbonyl (C=O) groups excluding carboxylic acids is 1. The summed E-state index contributed by atoms with van der Waals surface area (Å²) in [5.74, 6) is -0.543. The summed E-state index contributed by atoms with van der Waals surface area (Å²) < 4.78 is 15.3. The van der Waals surface area contributed by atoms with Gasteiger partial charge >= 0.3 is 0 Å². The highest BCUT2D eigenvalue weighted by Gasteiger charge is 2.33. The predicted octanol–water partition coefficient (Wildman–Crippen LogP) is 6.66. The Morgan fingerprint density at radius 2 is 1.38 bits per heavy atom. The van der Waals surface area contributed by atoms with Crippen molar-refractivity contribution in [2.45, 2.75) is 32.2 Å². The van der Waals surface area contributed by atoms with Crippen LogP contribution >= 0.6 is 0 Å². The fourth-order valence-corrected chi connectivity index (χ4v) is 5.22. The van der Waals surface area contributed by atoms with E-state index in [0.717, 1.165) is 11.1 Å². The van der Waals surface area contributed by atoms with Gasteiger partial charge in [0.2, 0.25) is 5.91 Å². The van der Waals surface area contributed by atoms with Gasteiger partial charge in [-0.2, -0.15) is 0 Å². The minimum absolute atomic E-state index is 0.0742. The van der Waals surface area contributed by atoms with Crippen molar-refractivity contribution in [2.24, 2.45) is 0 Å². The van der Waals surface area contributed by atoms with Gasteiger partial charge in [0.15, 0.2) is 0 Å². The SMILES string of the molecule is CCC(c1nc2ccccc2c(=O)n1-c1ccc(F)cc1)N(CC)C(=O)C(c1ccccc1)c1ccccc1. The van der Waals surface area contributed by atoms with Gasteiger partial charge in [0.25, 0.3) is 5.56 Å². The molecule has 0 bridgehead atoms. The third-order valence-electron chi connectivity index (χ3n) is 7.08. The molecule has 1 atom stereocenters. The van der Waals surface area contributed by atoms with Crippen LogP contribution in [0.1, 0.15) is 49.2 Å². The van der Waals surface area contributed by atoms with Crippen LogP contribution in [-0.4, -0.2) is 26.9 Å². The van der Waals surface area contributed by atoms with E-state index < -0.39 is 17.8 Å². The third kappa shape index (κ3) is 5.10. The van der Waals surface area contributed by atoms with E-state index in [0.29, 0.717) is 35.4 Å². The molecule has 1 unspecified atom stereocenters. The van der Waals surface area contributed by atoms with Crippen LogP contribution in [0.15, 0.2) is 114 Å². The van der Waals surface area contributed by atoms with Gasteiger partial charge in [0, 0.05) is 6.54 Å². The Kier molecular flexibility index (Phi) is 7.64. The lowest BCUT2D eigenvalue weighted by Gasteiger charge is -2.34. The number of nitrogens with zero attached hydrogens (tertiary/aromatic N) is 3. The quantitative estimate of drug-likeness (QED) is 0.230. The molecule has 1 aromatic heterocycles. The van der Waals surface area contributed by atoms with E-state index in [9.17, 15) is 14.0 Å². The molecule has 1 heterocycles. The van der Waals surface area contributed by atoms with E-state index >= 15 is 0 Å². The molecule has 5 aromatic rings. The molecule has 0 fully saturated rings. The molecule has 196 valence electrons. The molecule has 0 radical (unpaired) electrons. The smallest absolute Gasteiger partial charge is 0.266 e. The highest BCUT2D eigenvalue weighted by atomic mass is 19.1. The fourth-order valence-electron chi connectivity index (χ4n) is 5.22. The molecular weight excluding hydrogens is 489 g/mol. The zero-order valence-corrected chi connectivity index (χ0v) is 22.0. The van der Waals surface area contributed by atoms with Crippen molar-refractivity contribution in [3.05, 3.63) is 142 Å². The van der Waals surface area contributed by atoms with E-state index in [2.05, 4.69) is 0 Å². The number of rotatable bonds is 8. The van der Waals surface area contributed by atoms with Crippen LogP contribution in [0.3, 0.4) is 0 Å². The summed E-state index contributed by atoms with van der Waals surface area (Å²) in [7, 11) is 0. The van der Waals surface area contributed by atoms with Crippen LogP contribution in [0.2, 0.25) is 0 Å². The molecule has 0 aliphatic carbocycles. The van der Waals surface area contributed by atoms with Gasteiger partial charge in [-0.1, -0.05) is 79.7 Å². The normalized spacial score (nSPS) is 12.0. The van der Waals surface area contributed by atoms with E-state index in [1.165, 1.54) is 16.7 Å². The zero-order chi connectivity index (χ0) is 27.4. The lowest BCUT2D eigenvalue weighted by atomic mass is 9.89. The molecule has 0 spiro atoms. The Hall–Kier alpha value is -4.58. The summed E-state index contributed by atoms with van der Waals surface area (Å²) in [4.78, 5) is 35.0. The Morgan fingerprint density at radius 1 is 0.821 bits per heavy atom.